The first-order valence-electron chi connectivity index (χ1n) is 16.1. The molecule has 0 aromatic heterocycles. The second-order valence-corrected chi connectivity index (χ2v) is 14.0. The Morgan fingerprint density at radius 2 is 1.50 bits per heavy atom. The first-order chi connectivity index (χ1) is 19.8. The van der Waals surface area contributed by atoms with Crippen molar-refractivity contribution in [2.75, 3.05) is 6.54 Å². The quantitative estimate of drug-likeness (QED) is 0.391. The molecule has 0 aromatic carbocycles. The van der Waals surface area contributed by atoms with Gasteiger partial charge in [0.05, 0.1) is 12.1 Å². The molecule has 0 aromatic rings. The van der Waals surface area contributed by atoms with Gasteiger partial charge in [0.15, 0.2) is 11.6 Å². The summed E-state index contributed by atoms with van der Waals surface area (Å²) in [6, 6.07) is -3.69. The van der Waals surface area contributed by atoms with E-state index < -0.39 is 47.7 Å². The predicted molar refractivity (Wildman–Crippen MR) is 157 cm³/mol. The van der Waals surface area contributed by atoms with E-state index in [0.29, 0.717) is 19.4 Å². The van der Waals surface area contributed by atoms with Crippen molar-refractivity contribution in [2.24, 2.45) is 29.1 Å². The van der Waals surface area contributed by atoms with Crippen molar-refractivity contribution in [3.8, 4) is 0 Å². The number of carbonyl (C=O) groups excluding carboxylic acids is 6. The summed E-state index contributed by atoms with van der Waals surface area (Å²) in [4.78, 5) is 80.2. The van der Waals surface area contributed by atoms with Crippen molar-refractivity contribution in [2.45, 2.75) is 129 Å². The molecule has 0 radical (unpaired) electrons. The first kappa shape index (κ1) is 32.1. The summed E-state index contributed by atoms with van der Waals surface area (Å²) >= 11 is 0. The smallest absolute Gasteiger partial charge is 0.316 e. The third-order valence-corrected chi connectivity index (χ3v) is 10.1. The Labute approximate surface area is 249 Å². The van der Waals surface area contributed by atoms with Gasteiger partial charge in [-0.25, -0.2) is 4.79 Å². The van der Waals surface area contributed by atoms with Crippen molar-refractivity contribution >= 4 is 35.2 Å². The number of hydrogen-bond donors (Lipinski definition) is 3. The number of amides is 4. The van der Waals surface area contributed by atoms with Gasteiger partial charge in [-0.2, -0.15) is 0 Å². The second-order valence-electron chi connectivity index (χ2n) is 14.0. The highest BCUT2D eigenvalue weighted by molar-refractivity contribution is 6.38. The van der Waals surface area contributed by atoms with Gasteiger partial charge in [0.1, 0.15) is 12.1 Å². The van der Waals surface area contributed by atoms with E-state index in [1.807, 2.05) is 13.8 Å². The normalized spacial score (nSPS) is 30.9. The number of Topliss-reactive ketones (excluding diaryl/α,β-unsaturated/α-hetero) is 3. The van der Waals surface area contributed by atoms with Crippen LogP contribution in [0, 0.1) is 29.1 Å². The molecule has 2 saturated heterocycles. The number of urea groups is 1. The highest BCUT2D eigenvalue weighted by Crippen LogP contribution is 2.65. The zero-order valence-corrected chi connectivity index (χ0v) is 26.0. The molecule has 4 aliphatic rings. The molecule has 2 saturated carbocycles. The number of nitrogens with one attached hydrogen (secondary N) is 3. The summed E-state index contributed by atoms with van der Waals surface area (Å²) < 4.78 is 0. The molecular weight excluding hydrogens is 536 g/mol. The van der Waals surface area contributed by atoms with Crippen LogP contribution < -0.4 is 16.0 Å². The van der Waals surface area contributed by atoms with Crippen LogP contribution in [0.1, 0.15) is 105 Å². The van der Waals surface area contributed by atoms with Crippen molar-refractivity contribution in [1.29, 1.82) is 0 Å². The fourth-order valence-electron chi connectivity index (χ4n) is 7.15. The highest BCUT2D eigenvalue weighted by atomic mass is 16.2. The van der Waals surface area contributed by atoms with Crippen LogP contribution in [0.3, 0.4) is 0 Å². The molecule has 4 fully saturated rings. The standard InChI is InChI=1S/C32H50N4O6/c1-18(2)25(28(39)20-15-16-20)35-31(42)34-23-14-12-10-8-6-7-9-11-13-22(27(38)19(3)37)33-29(40)26-24-21(32(24,4)5)17-36(26)30(23)41/h18,20-26H,6-17H2,1-5H3,(H,33,40)(H2,34,35,42)/t21-,22-,23-,24-,25-,26-/m0/s1. The Morgan fingerprint density at radius 3 is 2.07 bits per heavy atom. The molecule has 3 N–H and O–H groups in total. The topological polar surface area (TPSA) is 142 Å². The number of hydrogen-bond acceptors (Lipinski definition) is 6. The number of carbonyl (C=O) groups is 6. The van der Waals surface area contributed by atoms with Crippen molar-refractivity contribution < 1.29 is 28.8 Å². The fraction of sp³-hybridized carbons (Fsp3) is 0.812. The summed E-state index contributed by atoms with van der Waals surface area (Å²) in [5.41, 5.74) is -0.131. The van der Waals surface area contributed by atoms with Gasteiger partial charge in [0.25, 0.3) is 0 Å². The minimum Gasteiger partial charge on any atom is -0.344 e. The van der Waals surface area contributed by atoms with E-state index >= 15 is 0 Å². The van der Waals surface area contributed by atoms with E-state index in [1.165, 1.54) is 6.92 Å². The van der Waals surface area contributed by atoms with E-state index in [0.717, 1.165) is 57.8 Å². The zero-order valence-electron chi connectivity index (χ0n) is 26.0. The maximum atomic E-state index is 14.1. The van der Waals surface area contributed by atoms with Crippen LogP contribution in [0.2, 0.25) is 0 Å². The van der Waals surface area contributed by atoms with E-state index in [-0.39, 0.29) is 40.8 Å². The lowest BCUT2D eigenvalue weighted by Gasteiger charge is -2.34. The van der Waals surface area contributed by atoms with Crippen LogP contribution in [0.5, 0.6) is 0 Å². The lowest BCUT2D eigenvalue weighted by molar-refractivity contribution is -0.143. The van der Waals surface area contributed by atoms with Gasteiger partial charge in [0, 0.05) is 19.4 Å². The van der Waals surface area contributed by atoms with Crippen LogP contribution in [-0.4, -0.2) is 70.8 Å². The van der Waals surface area contributed by atoms with E-state index in [9.17, 15) is 28.8 Å². The predicted octanol–water partition coefficient (Wildman–Crippen LogP) is 3.31. The van der Waals surface area contributed by atoms with Gasteiger partial charge in [-0.3, -0.25) is 24.0 Å². The third-order valence-electron chi connectivity index (χ3n) is 10.1. The van der Waals surface area contributed by atoms with Crippen LogP contribution in [0.4, 0.5) is 4.79 Å². The molecule has 0 bridgehead atoms. The Kier molecular flexibility index (Phi) is 10.1. The van der Waals surface area contributed by atoms with Crippen molar-refractivity contribution in [3.05, 3.63) is 0 Å². The summed E-state index contributed by atoms with van der Waals surface area (Å²) in [6.07, 6.45) is 8.82. The van der Waals surface area contributed by atoms with E-state index in [1.54, 1.807) is 4.90 Å². The minimum atomic E-state index is -0.905. The number of piperidine rings is 1. The number of ketones is 3. The Hall–Kier alpha value is -2.78. The molecule has 10 heteroatoms. The molecule has 2 aliphatic carbocycles. The first-order valence-corrected chi connectivity index (χ1v) is 16.1. The fourth-order valence-corrected chi connectivity index (χ4v) is 7.15. The highest BCUT2D eigenvalue weighted by Gasteiger charge is 2.69. The van der Waals surface area contributed by atoms with E-state index in [4.69, 9.17) is 0 Å². The number of fused-ring (bicyclic) bond motifs is 3. The van der Waals surface area contributed by atoms with Gasteiger partial charge in [0.2, 0.25) is 17.6 Å². The maximum absolute atomic E-state index is 14.1. The lowest BCUT2D eigenvalue weighted by atomic mass is 9.96. The summed E-state index contributed by atoms with van der Waals surface area (Å²) in [6.45, 7) is 9.58. The SMILES string of the molecule is CC(=O)C(=O)[C@@H]1CCCCCCCCC[C@H](NC(=O)N[C@H](C(=O)C2CC2)C(C)C)C(=O)N2C[C@H]3[C@@H]([C@H]2C(=O)N1)C3(C)C. The van der Waals surface area contributed by atoms with Crippen molar-refractivity contribution in [1.82, 2.24) is 20.9 Å². The van der Waals surface area contributed by atoms with Crippen LogP contribution >= 0.6 is 0 Å². The van der Waals surface area contributed by atoms with Crippen LogP contribution in [-0.2, 0) is 24.0 Å². The largest absolute Gasteiger partial charge is 0.344 e. The average Bonchev–Trinajstić information content (AvgIpc) is 3.81. The molecule has 2 aliphatic heterocycles. The lowest BCUT2D eigenvalue weighted by Crippen LogP contribution is -2.59. The molecular formula is C32H50N4O6. The molecule has 4 rings (SSSR count). The molecule has 6 atom stereocenters. The van der Waals surface area contributed by atoms with Gasteiger partial charge in [-0.1, -0.05) is 72.6 Å². The Balaban J connectivity index is 1.55. The Morgan fingerprint density at radius 1 is 0.905 bits per heavy atom. The van der Waals surface area contributed by atoms with E-state index in [2.05, 4.69) is 29.8 Å². The molecule has 10 nitrogen and oxygen atoms in total. The monoisotopic (exact) mass is 586 g/mol. The molecule has 0 unspecified atom stereocenters. The number of nitrogens with zero attached hydrogens (tertiary/aromatic N) is 1. The van der Waals surface area contributed by atoms with Gasteiger partial charge < -0.3 is 20.9 Å². The molecule has 234 valence electrons. The average molecular weight is 587 g/mol. The summed E-state index contributed by atoms with van der Waals surface area (Å²) in [5.74, 6) is -1.89. The third kappa shape index (κ3) is 7.22. The molecule has 0 spiro atoms. The summed E-state index contributed by atoms with van der Waals surface area (Å²) in [5, 5.41) is 8.55. The summed E-state index contributed by atoms with van der Waals surface area (Å²) in [7, 11) is 0. The molecule has 2 heterocycles. The maximum Gasteiger partial charge on any atom is 0.316 e. The Bertz CT molecular complexity index is 1080. The van der Waals surface area contributed by atoms with Crippen molar-refractivity contribution in [3.63, 3.8) is 0 Å². The van der Waals surface area contributed by atoms with Gasteiger partial charge >= 0.3 is 6.03 Å². The molecule has 42 heavy (non-hydrogen) atoms. The van der Waals surface area contributed by atoms with Gasteiger partial charge in [-0.05, 0) is 48.9 Å². The molecule has 4 amide bonds. The van der Waals surface area contributed by atoms with Crippen LogP contribution in [0.15, 0.2) is 0 Å². The second kappa shape index (κ2) is 13.2. The number of rotatable bonds is 7. The zero-order chi connectivity index (χ0) is 30.8. The van der Waals surface area contributed by atoms with Crippen LogP contribution in [0.25, 0.3) is 0 Å². The van der Waals surface area contributed by atoms with Gasteiger partial charge in [-0.15, -0.1) is 0 Å². The minimum absolute atomic E-state index is 0.000343.